The molecule has 7 atom stereocenters. The summed E-state index contributed by atoms with van der Waals surface area (Å²) in [5, 5.41) is 34.8. The largest absolute Gasteiger partial charge is 0.458 e. The molecule has 7 nitrogen and oxygen atoms in total. The van der Waals surface area contributed by atoms with Crippen LogP contribution in [0.4, 0.5) is 0 Å². The van der Waals surface area contributed by atoms with Gasteiger partial charge in [-0.25, -0.2) is 4.79 Å². The molecular formula is C37H48O7. The van der Waals surface area contributed by atoms with Crippen molar-refractivity contribution in [2.75, 3.05) is 6.61 Å². The predicted octanol–water partition coefficient (Wildman–Crippen LogP) is 5.83. The van der Waals surface area contributed by atoms with E-state index in [0.29, 0.717) is 23.1 Å². The van der Waals surface area contributed by atoms with Crippen molar-refractivity contribution in [2.45, 2.75) is 90.6 Å². The molecule has 44 heavy (non-hydrogen) atoms. The summed E-state index contributed by atoms with van der Waals surface area (Å²) in [7, 11) is 0. The molecule has 1 saturated carbocycles. The lowest BCUT2D eigenvalue weighted by molar-refractivity contribution is -0.166. The minimum atomic E-state index is -1.74. The molecule has 0 unspecified atom stereocenters. The van der Waals surface area contributed by atoms with Crippen molar-refractivity contribution >= 4 is 11.9 Å². The molecule has 2 aromatic carbocycles. The smallest absolute Gasteiger partial charge is 0.338 e. The Morgan fingerprint density at radius 1 is 1.07 bits per heavy atom. The summed E-state index contributed by atoms with van der Waals surface area (Å²) >= 11 is 0. The number of aliphatic hydroxyl groups is 3. The van der Waals surface area contributed by atoms with Crippen LogP contribution in [0.25, 0.3) is 0 Å². The third-order valence-corrected chi connectivity index (χ3v) is 10.7. The van der Waals surface area contributed by atoms with E-state index < -0.39 is 40.7 Å². The normalized spacial score (nSPS) is 29.7. The van der Waals surface area contributed by atoms with E-state index in [0.717, 1.165) is 5.56 Å². The topological polar surface area (TPSA) is 113 Å². The molecule has 0 saturated heterocycles. The molecule has 0 spiro atoms. The lowest BCUT2D eigenvalue weighted by Crippen LogP contribution is -2.57. The van der Waals surface area contributed by atoms with Gasteiger partial charge in [0.15, 0.2) is 6.10 Å². The van der Waals surface area contributed by atoms with Crippen LogP contribution < -0.4 is 0 Å². The SMILES string of the molecule is C/C=C(/CO)C[C@]1(O)[C@@H](OC(=O)c2ccccc2)C(C)=C[C@H]1[C@@](C)(O)[C@H](C)C[C@]1(OC(=O)Cc2ccccc2)[C@H](C)C1(C)C. The summed E-state index contributed by atoms with van der Waals surface area (Å²) in [5.41, 5.74) is -1.95. The monoisotopic (exact) mass is 604 g/mol. The number of hydrogen-bond donors (Lipinski definition) is 3. The van der Waals surface area contributed by atoms with Crippen LogP contribution in [0.3, 0.4) is 0 Å². The zero-order chi connectivity index (χ0) is 32.5. The number of esters is 2. The van der Waals surface area contributed by atoms with Gasteiger partial charge in [-0.15, -0.1) is 0 Å². The lowest BCUT2D eigenvalue weighted by Gasteiger charge is -2.46. The average molecular weight is 605 g/mol. The molecule has 0 radical (unpaired) electrons. The number of rotatable bonds is 12. The van der Waals surface area contributed by atoms with E-state index >= 15 is 0 Å². The van der Waals surface area contributed by atoms with Gasteiger partial charge in [0.1, 0.15) is 11.2 Å². The highest BCUT2D eigenvalue weighted by atomic mass is 16.6. The van der Waals surface area contributed by atoms with Crippen LogP contribution in [0.1, 0.15) is 77.2 Å². The molecule has 0 aliphatic heterocycles. The van der Waals surface area contributed by atoms with Gasteiger partial charge in [0.2, 0.25) is 0 Å². The van der Waals surface area contributed by atoms with Crippen LogP contribution in [-0.4, -0.2) is 56.8 Å². The van der Waals surface area contributed by atoms with Gasteiger partial charge in [-0.05, 0) is 62.0 Å². The molecule has 238 valence electrons. The zero-order valence-corrected chi connectivity index (χ0v) is 27.0. The van der Waals surface area contributed by atoms with Gasteiger partial charge in [-0.1, -0.05) is 88.4 Å². The van der Waals surface area contributed by atoms with Crippen molar-refractivity contribution in [3.05, 3.63) is 95.1 Å². The van der Waals surface area contributed by atoms with E-state index in [2.05, 4.69) is 20.8 Å². The molecule has 3 N–H and O–H groups in total. The zero-order valence-electron chi connectivity index (χ0n) is 27.0. The number of hydrogen-bond acceptors (Lipinski definition) is 7. The Balaban J connectivity index is 1.62. The van der Waals surface area contributed by atoms with Gasteiger partial charge >= 0.3 is 11.9 Å². The fourth-order valence-corrected chi connectivity index (χ4v) is 7.24. The molecule has 0 aromatic heterocycles. The molecule has 0 heterocycles. The summed E-state index contributed by atoms with van der Waals surface area (Å²) in [4.78, 5) is 26.3. The van der Waals surface area contributed by atoms with Crippen molar-refractivity contribution in [1.29, 1.82) is 0 Å². The van der Waals surface area contributed by atoms with Crippen LogP contribution in [0.2, 0.25) is 0 Å². The van der Waals surface area contributed by atoms with Gasteiger partial charge in [-0.3, -0.25) is 4.79 Å². The van der Waals surface area contributed by atoms with E-state index in [4.69, 9.17) is 9.47 Å². The minimum absolute atomic E-state index is 0.00673. The molecule has 0 amide bonds. The molecule has 2 aliphatic rings. The maximum atomic E-state index is 13.2. The number of carbonyl (C=O) groups is 2. The molecule has 1 fully saturated rings. The van der Waals surface area contributed by atoms with Gasteiger partial charge in [0.25, 0.3) is 0 Å². The Morgan fingerprint density at radius 2 is 1.64 bits per heavy atom. The van der Waals surface area contributed by atoms with Crippen molar-refractivity contribution in [2.24, 2.45) is 23.2 Å². The molecule has 2 aromatic rings. The van der Waals surface area contributed by atoms with Crippen molar-refractivity contribution in [3.63, 3.8) is 0 Å². The van der Waals surface area contributed by atoms with Crippen LogP contribution in [0.15, 0.2) is 84.0 Å². The minimum Gasteiger partial charge on any atom is -0.458 e. The average Bonchev–Trinajstić information content (AvgIpc) is 3.25. The molecule has 0 bridgehead atoms. The summed E-state index contributed by atoms with van der Waals surface area (Å²) in [5.74, 6) is -2.14. The van der Waals surface area contributed by atoms with Crippen molar-refractivity contribution < 1.29 is 34.4 Å². The first-order chi connectivity index (χ1) is 20.6. The van der Waals surface area contributed by atoms with Crippen LogP contribution in [0, 0.1) is 23.2 Å². The lowest BCUT2D eigenvalue weighted by atomic mass is 9.67. The van der Waals surface area contributed by atoms with Gasteiger partial charge < -0.3 is 24.8 Å². The summed E-state index contributed by atoms with van der Waals surface area (Å²) in [6, 6.07) is 18.0. The Labute approximate surface area is 261 Å². The fraction of sp³-hybridized carbons (Fsp3) is 0.514. The second-order valence-electron chi connectivity index (χ2n) is 13.6. The number of aliphatic hydroxyl groups excluding tert-OH is 1. The predicted molar refractivity (Wildman–Crippen MR) is 170 cm³/mol. The second-order valence-corrected chi connectivity index (χ2v) is 13.6. The Morgan fingerprint density at radius 3 is 2.16 bits per heavy atom. The highest BCUT2D eigenvalue weighted by molar-refractivity contribution is 5.89. The quantitative estimate of drug-likeness (QED) is 0.207. The third-order valence-electron chi connectivity index (χ3n) is 10.7. The molecule has 2 aliphatic carbocycles. The number of ether oxygens (including phenoxy) is 2. The standard InChI is InChI=1S/C37H48O7/c1-8-27(23-38)22-36(42)30(19-24(2)32(36)43-33(40)29-17-13-10-14-18-29)35(7,41)25(3)21-37(26(4)34(37,5)6)44-31(39)20-28-15-11-9-12-16-28/h8-19,25-26,30,32,38,41-42H,20-23H2,1-7H3/b27-8+/t25-,26-,30+,32+,35+,36-,37+/m1/s1. The highest BCUT2D eigenvalue weighted by Crippen LogP contribution is 2.67. The van der Waals surface area contributed by atoms with Crippen LogP contribution in [0.5, 0.6) is 0 Å². The number of carbonyl (C=O) groups excluding carboxylic acids is 2. The maximum absolute atomic E-state index is 13.2. The van der Waals surface area contributed by atoms with Crippen molar-refractivity contribution in [3.8, 4) is 0 Å². The number of benzene rings is 2. The van der Waals surface area contributed by atoms with Gasteiger partial charge in [0.05, 0.1) is 24.2 Å². The van der Waals surface area contributed by atoms with Crippen LogP contribution in [-0.2, 0) is 20.7 Å². The van der Waals surface area contributed by atoms with E-state index in [9.17, 15) is 24.9 Å². The van der Waals surface area contributed by atoms with Gasteiger partial charge in [0, 0.05) is 23.7 Å². The fourth-order valence-electron chi connectivity index (χ4n) is 7.24. The Bertz CT molecular complexity index is 1390. The molecule has 7 heteroatoms. The molecular weight excluding hydrogens is 556 g/mol. The first-order valence-electron chi connectivity index (χ1n) is 15.5. The Kier molecular flexibility index (Phi) is 9.65. The third kappa shape index (κ3) is 6.15. The second kappa shape index (κ2) is 12.6. The van der Waals surface area contributed by atoms with Crippen molar-refractivity contribution in [1.82, 2.24) is 0 Å². The maximum Gasteiger partial charge on any atom is 0.338 e. The first kappa shape index (κ1) is 33.6. The van der Waals surface area contributed by atoms with E-state index in [1.54, 1.807) is 63.3 Å². The highest BCUT2D eigenvalue weighted by Gasteiger charge is 2.73. The van der Waals surface area contributed by atoms with Gasteiger partial charge in [-0.2, -0.15) is 0 Å². The number of allylic oxidation sites excluding steroid dienone is 1. The van der Waals surface area contributed by atoms with E-state index in [-0.39, 0.29) is 36.8 Å². The first-order valence-corrected chi connectivity index (χ1v) is 15.5. The molecule has 4 rings (SSSR count). The Hall–Kier alpha value is -3.26. The summed E-state index contributed by atoms with van der Waals surface area (Å²) < 4.78 is 12.2. The van der Waals surface area contributed by atoms with Crippen LogP contribution >= 0.6 is 0 Å². The van der Waals surface area contributed by atoms with E-state index in [1.165, 1.54) is 0 Å². The van der Waals surface area contributed by atoms with E-state index in [1.807, 2.05) is 37.3 Å². The summed E-state index contributed by atoms with van der Waals surface area (Å²) in [6.45, 7) is 13.1. The summed E-state index contributed by atoms with van der Waals surface area (Å²) in [6.07, 6.45) is 3.00.